The topological polar surface area (TPSA) is 104 Å². The average molecular weight is 238 g/mol. The Kier molecular flexibility index (Phi) is 9.54. The van der Waals surface area contributed by atoms with Gasteiger partial charge < -0.3 is 13.6 Å². The number of rotatable bonds is 5. The van der Waals surface area contributed by atoms with Gasteiger partial charge in [-0.3, -0.25) is 0 Å². The van der Waals surface area contributed by atoms with Crippen LogP contribution in [0.2, 0.25) is 6.32 Å². The molecule has 0 saturated heterocycles. The third kappa shape index (κ3) is 16.0. The second kappa shape index (κ2) is 8.57. The Bertz CT molecular complexity index is 284. The summed E-state index contributed by atoms with van der Waals surface area (Å²) in [5, 5.41) is 0. The maximum Gasteiger partial charge on any atom is 0.373 e. The van der Waals surface area contributed by atoms with Crippen LogP contribution in [0.5, 0.6) is 0 Å². The van der Waals surface area contributed by atoms with E-state index in [1.54, 1.807) is 25.9 Å². The summed E-state index contributed by atoms with van der Waals surface area (Å²) in [6, 6.07) is 0. The molecule has 0 bridgehead atoms. The lowest BCUT2D eigenvalue weighted by Gasteiger charge is -2.18. The standard InChI is InChI=1S/C5H14BNO4S.CO2/c1-4-6(5-7(2)3)11-12(8,9)10;2-1-3/h4-5H2,1-3H3,(H,8,9,10);/p-1. The van der Waals surface area contributed by atoms with Crippen molar-refractivity contribution in [3.63, 3.8) is 0 Å². The van der Waals surface area contributed by atoms with Crippen LogP contribution in [0, 0.1) is 0 Å². The lowest BCUT2D eigenvalue weighted by atomic mass is 9.65. The number of carbonyl (C=O) groups excluding carboxylic acids is 2. The maximum atomic E-state index is 10.2. The minimum Gasteiger partial charge on any atom is -0.727 e. The molecule has 0 unspecified atom stereocenters. The Labute approximate surface area is 89.5 Å². The van der Waals surface area contributed by atoms with Gasteiger partial charge in [-0.1, -0.05) is 6.92 Å². The second-order valence-electron chi connectivity index (χ2n) is 2.88. The number of hydrogen-bond acceptors (Lipinski definition) is 7. The first kappa shape index (κ1) is 16.7. The fourth-order valence-corrected chi connectivity index (χ4v) is 1.33. The van der Waals surface area contributed by atoms with Crippen LogP contribution < -0.4 is 0 Å². The summed E-state index contributed by atoms with van der Waals surface area (Å²) in [6.07, 6.45) is 1.18. The molecule has 0 radical (unpaired) electrons. The molecular formula is C6H13BNO6S-. The molecule has 0 aliphatic heterocycles. The highest BCUT2D eigenvalue weighted by Gasteiger charge is 2.17. The second-order valence-corrected chi connectivity index (χ2v) is 3.89. The van der Waals surface area contributed by atoms with E-state index in [0.29, 0.717) is 12.8 Å². The highest BCUT2D eigenvalue weighted by Crippen LogP contribution is 1.99. The summed E-state index contributed by atoms with van der Waals surface area (Å²) in [5.74, 6) is 0. The number of hydrogen-bond donors (Lipinski definition) is 0. The molecule has 0 spiro atoms. The van der Waals surface area contributed by atoms with Crippen molar-refractivity contribution >= 4 is 23.5 Å². The zero-order valence-corrected chi connectivity index (χ0v) is 9.61. The minimum absolute atomic E-state index is 0.250. The SMILES string of the molecule is CCB(CN(C)C)OS(=O)(=O)[O-].O=C=O. The highest BCUT2D eigenvalue weighted by atomic mass is 32.3. The average Bonchev–Trinajstić information content (AvgIpc) is 2.01. The molecule has 15 heavy (non-hydrogen) atoms. The summed E-state index contributed by atoms with van der Waals surface area (Å²) in [4.78, 5) is 18.0. The quantitative estimate of drug-likeness (QED) is 0.343. The monoisotopic (exact) mass is 238 g/mol. The smallest absolute Gasteiger partial charge is 0.373 e. The molecule has 0 rings (SSSR count). The molecule has 0 aliphatic carbocycles. The molecule has 0 aromatic rings. The third-order valence-corrected chi connectivity index (χ3v) is 1.79. The van der Waals surface area contributed by atoms with Gasteiger partial charge in [-0.25, -0.2) is 8.42 Å². The van der Waals surface area contributed by atoms with E-state index in [1.807, 2.05) is 0 Å². The molecule has 0 aromatic heterocycles. The molecule has 0 amide bonds. The lowest BCUT2D eigenvalue weighted by molar-refractivity contribution is -0.191. The summed E-state index contributed by atoms with van der Waals surface area (Å²) >= 11 is 0. The Hall–Kier alpha value is -0.725. The molecule has 0 aliphatic rings. The van der Waals surface area contributed by atoms with Gasteiger partial charge in [0, 0.05) is 6.44 Å². The summed E-state index contributed by atoms with van der Waals surface area (Å²) in [6.45, 7) is 1.22. The van der Waals surface area contributed by atoms with E-state index in [1.165, 1.54) is 0 Å². The zero-order chi connectivity index (χ0) is 12.5. The first-order valence-corrected chi connectivity index (χ1v) is 5.38. The van der Waals surface area contributed by atoms with Gasteiger partial charge in [0.25, 0.3) is 0 Å². The van der Waals surface area contributed by atoms with Gasteiger partial charge >= 0.3 is 13.1 Å². The Morgan fingerprint density at radius 1 is 1.40 bits per heavy atom. The molecule has 0 fully saturated rings. The minimum atomic E-state index is -4.56. The Morgan fingerprint density at radius 3 is 2.00 bits per heavy atom. The summed E-state index contributed by atoms with van der Waals surface area (Å²) in [7, 11) is -0.995. The van der Waals surface area contributed by atoms with Gasteiger partial charge in [0.2, 0.25) is 10.4 Å². The van der Waals surface area contributed by atoms with Crippen molar-refractivity contribution in [2.75, 3.05) is 20.5 Å². The molecule has 9 heteroatoms. The van der Waals surface area contributed by atoms with E-state index in [4.69, 9.17) is 9.59 Å². The molecule has 0 N–H and O–H groups in total. The van der Waals surface area contributed by atoms with Crippen molar-refractivity contribution in [3.8, 4) is 0 Å². The maximum absolute atomic E-state index is 10.2. The zero-order valence-electron chi connectivity index (χ0n) is 8.80. The summed E-state index contributed by atoms with van der Waals surface area (Å²) in [5.41, 5.74) is 0. The van der Waals surface area contributed by atoms with Crippen molar-refractivity contribution < 1.29 is 26.7 Å². The fraction of sp³-hybridized carbons (Fsp3) is 0.833. The Balaban J connectivity index is 0. The predicted molar refractivity (Wildman–Crippen MR) is 50.6 cm³/mol. The molecule has 88 valence electrons. The van der Waals surface area contributed by atoms with Crippen molar-refractivity contribution in [3.05, 3.63) is 0 Å². The van der Waals surface area contributed by atoms with Crippen molar-refractivity contribution in [1.82, 2.24) is 4.90 Å². The van der Waals surface area contributed by atoms with E-state index >= 15 is 0 Å². The van der Waals surface area contributed by atoms with E-state index in [2.05, 4.69) is 4.10 Å². The first-order valence-electron chi connectivity index (χ1n) is 4.04. The van der Waals surface area contributed by atoms with Crippen LogP contribution in [-0.4, -0.2) is 51.5 Å². The molecule has 7 nitrogen and oxygen atoms in total. The van der Waals surface area contributed by atoms with E-state index in [0.717, 1.165) is 0 Å². The largest absolute Gasteiger partial charge is 0.727 e. The van der Waals surface area contributed by atoms with Crippen molar-refractivity contribution in [2.24, 2.45) is 0 Å². The van der Waals surface area contributed by atoms with Crippen LogP contribution >= 0.6 is 0 Å². The van der Waals surface area contributed by atoms with Gasteiger partial charge in [-0.15, -0.1) is 0 Å². The first-order chi connectivity index (χ1) is 6.76. The van der Waals surface area contributed by atoms with Gasteiger partial charge in [0.15, 0.2) is 0 Å². The highest BCUT2D eigenvalue weighted by molar-refractivity contribution is 7.81. The van der Waals surface area contributed by atoms with Gasteiger partial charge in [-0.05, 0) is 20.4 Å². The van der Waals surface area contributed by atoms with E-state index < -0.39 is 17.3 Å². The van der Waals surface area contributed by atoms with Crippen LogP contribution in [0.4, 0.5) is 0 Å². The van der Waals surface area contributed by atoms with Crippen LogP contribution in [0.1, 0.15) is 6.92 Å². The summed E-state index contributed by atoms with van der Waals surface area (Å²) < 4.78 is 34.8. The third-order valence-electron chi connectivity index (χ3n) is 1.28. The van der Waals surface area contributed by atoms with E-state index in [-0.39, 0.29) is 6.15 Å². The van der Waals surface area contributed by atoms with Crippen LogP contribution in [0.15, 0.2) is 0 Å². The van der Waals surface area contributed by atoms with Crippen LogP contribution in [0.25, 0.3) is 0 Å². The Morgan fingerprint density at radius 2 is 1.80 bits per heavy atom. The van der Waals surface area contributed by atoms with Gasteiger partial charge in [0.1, 0.15) is 0 Å². The van der Waals surface area contributed by atoms with Gasteiger partial charge in [0.05, 0.1) is 0 Å². The normalized spacial score (nSPS) is 10.2. The number of nitrogens with zero attached hydrogens (tertiary/aromatic N) is 1. The van der Waals surface area contributed by atoms with Gasteiger partial charge in [-0.2, -0.15) is 9.59 Å². The predicted octanol–water partition coefficient (Wildman–Crippen LogP) is -1.01. The molecule has 0 atom stereocenters. The fourth-order valence-electron chi connectivity index (χ4n) is 0.802. The lowest BCUT2D eigenvalue weighted by Crippen LogP contribution is -2.33. The van der Waals surface area contributed by atoms with Crippen LogP contribution in [-0.2, 0) is 24.1 Å². The van der Waals surface area contributed by atoms with Crippen LogP contribution in [0.3, 0.4) is 0 Å². The van der Waals surface area contributed by atoms with E-state index in [9.17, 15) is 13.0 Å². The molecule has 0 aromatic carbocycles. The molecular weight excluding hydrogens is 225 g/mol. The molecule has 0 saturated carbocycles. The molecule has 0 heterocycles. The van der Waals surface area contributed by atoms with Crippen molar-refractivity contribution in [1.29, 1.82) is 0 Å². The van der Waals surface area contributed by atoms with Crippen molar-refractivity contribution in [2.45, 2.75) is 13.2 Å².